The molecule has 0 aliphatic rings. The van der Waals surface area contributed by atoms with Crippen molar-refractivity contribution in [3.05, 3.63) is 70.1 Å². The lowest BCUT2D eigenvalue weighted by atomic mass is 10.1. The predicted octanol–water partition coefficient (Wildman–Crippen LogP) is 3.33. The Kier molecular flexibility index (Phi) is 6.91. The van der Waals surface area contributed by atoms with Crippen molar-refractivity contribution < 1.29 is 18.4 Å². The van der Waals surface area contributed by atoms with Crippen molar-refractivity contribution in [3.63, 3.8) is 0 Å². The van der Waals surface area contributed by atoms with Gasteiger partial charge in [0.05, 0.1) is 11.1 Å². The number of rotatable bonds is 6. The van der Waals surface area contributed by atoms with E-state index >= 15 is 0 Å². The maximum atomic E-state index is 13.6. The molecular formula is C21H21F2N5O3. The maximum Gasteiger partial charge on any atom is 0.338 e. The minimum atomic E-state index is -0.965. The second-order valence-electron chi connectivity index (χ2n) is 6.79. The molecule has 10 heteroatoms. The quantitative estimate of drug-likeness (QED) is 0.413. The summed E-state index contributed by atoms with van der Waals surface area (Å²) < 4.78 is 27.8. The normalized spacial score (nSPS) is 10.7. The van der Waals surface area contributed by atoms with E-state index in [9.17, 15) is 23.2 Å². The molecule has 162 valence electrons. The van der Waals surface area contributed by atoms with Crippen LogP contribution in [-0.2, 0) is 6.54 Å². The summed E-state index contributed by atoms with van der Waals surface area (Å²) in [4.78, 5) is 37.3. The molecule has 8 nitrogen and oxygen atoms in total. The van der Waals surface area contributed by atoms with Gasteiger partial charge in [-0.05, 0) is 24.6 Å². The minimum Gasteiger partial charge on any atom is -0.304 e. The number of unbranched alkanes of at least 4 members (excludes halogenated alkanes) is 2. The van der Waals surface area contributed by atoms with E-state index in [-0.39, 0.29) is 16.9 Å². The number of urea groups is 1. The van der Waals surface area contributed by atoms with E-state index in [0.29, 0.717) is 23.4 Å². The van der Waals surface area contributed by atoms with Gasteiger partial charge in [0.2, 0.25) is 0 Å². The molecule has 0 spiro atoms. The number of anilines is 1. The van der Waals surface area contributed by atoms with Gasteiger partial charge >= 0.3 is 6.03 Å². The van der Waals surface area contributed by atoms with E-state index in [0.717, 1.165) is 31.4 Å². The molecule has 0 bridgehead atoms. The first-order valence-corrected chi connectivity index (χ1v) is 9.73. The number of aromatic nitrogens is 2. The number of carbonyl (C=O) groups excluding carboxylic acids is 2. The Labute approximate surface area is 176 Å². The number of aryl methyl sites for hydroxylation is 1. The highest BCUT2D eigenvalue weighted by Crippen LogP contribution is 2.15. The summed E-state index contributed by atoms with van der Waals surface area (Å²) in [6, 6.07) is 8.24. The van der Waals surface area contributed by atoms with E-state index in [4.69, 9.17) is 0 Å². The summed E-state index contributed by atoms with van der Waals surface area (Å²) >= 11 is 0. The van der Waals surface area contributed by atoms with Gasteiger partial charge < -0.3 is 5.32 Å². The fourth-order valence-corrected chi connectivity index (χ4v) is 2.98. The number of amides is 3. The monoisotopic (exact) mass is 429 g/mol. The zero-order valence-electron chi connectivity index (χ0n) is 16.7. The molecule has 3 N–H and O–H groups in total. The van der Waals surface area contributed by atoms with Crippen LogP contribution in [0.25, 0.3) is 10.8 Å². The number of hydrazine groups is 1. The SMILES string of the molecule is CCCCCn1nc(C(=O)NNC(=O)Nc2ccc(F)cc2F)c2ccccc2c1=O. The molecule has 1 aromatic heterocycles. The van der Waals surface area contributed by atoms with Crippen molar-refractivity contribution in [1.29, 1.82) is 0 Å². The van der Waals surface area contributed by atoms with Crippen molar-refractivity contribution >= 4 is 28.4 Å². The van der Waals surface area contributed by atoms with E-state index in [2.05, 4.69) is 21.3 Å². The van der Waals surface area contributed by atoms with Crippen LogP contribution in [0.5, 0.6) is 0 Å². The van der Waals surface area contributed by atoms with Crippen LogP contribution in [0.1, 0.15) is 36.7 Å². The Hall–Kier alpha value is -3.82. The maximum absolute atomic E-state index is 13.6. The highest BCUT2D eigenvalue weighted by Gasteiger charge is 2.17. The van der Waals surface area contributed by atoms with E-state index in [1.165, 1.54) is 4.68 Å². The van der Waals surface area contributed by atoms with E-state index in [1.807, 2.05) is 6.92 Å². The Balaban J connectivity index is 1.77. The molecular weight excluding hydrogens is 408 g/mol. The van der Waals surface area contributed by atoms with Gasteiger partial charge in [-0.1, -0.05) is 38.0 Å². The number of hydrogen-bond acceptors (Lipinski definition) is 4. The van der Waals surface area contributed by atoms with Crippen molar-refractivity contribution in [2.45, 2.75) is 32.7 Å². The standard InChI is InChI=1S/C21H21F2N5O3/c1-2-3-6-11-28-20(30)15-8-5-4-7-14(15)18(27-28)19(29)25-26-21(31)24-17-10-9-13(22)12-16(17)23/h4-5,7-10,12H,2-3,6,11H2,1H3,(H,25,29)(H2,24,26,31). The molecule has 3 amide bonds. The third kappa shape index (κ3) is 5.21. The van der Waals surface area contributed by atoms with Gasteiger partial charge in [-0.3, -0.25) is 15.0 Å². The lowest BCUT2D eigenvalue weighted by molar-refractivity contribution is 0.0932. The van der Waals surface area contributed by atoms with Crippen LogP contribution in [0.15, 0.2) is 47.3 Å². The first-order valence-electron chi connectivity index (χ1n) is 9.73. The van der Waals surface area contributed by atoms with Crippen LogP contribution in [0.4, 0.5) is 19.3 Å². The van der Waals surface area contributed by atoms with Gasteiger partial charge in [0.25, 0.3) is 11.5 Å². The second kappa shape index (κ2) is 9.79. The summed E-state index contributed by atoms with van der Waals surface area (Å²) in [6.45, 7) is 2.39. The van der Waals surface area contributed by atoms with Crippen LogP contribution < -0.4 is 21.7 Å². The molecule has 0 unspecified atom stereocenters. The molecule has 3 rings (SSSR count). The Morgan fingerprint density at radius 2 is 1.77 bits per heavy atom. The number of fused-ring (bicyclic) bond motifs is 1. The van der Waals surface area contributed by atoms with Crippen LogP contribution in [0, 0.1) is 11.6 Å². The third-order valence-electron chi connectivity index (χ3n) is 4.53. The van der Waals surface area contributed by atoms with Crippen molar-refractivity contribution in [2.24, 2.45) is 0 Å². The second-order valence-corrected chi connectivity index (χ2v) is 6.79. The van der Waals surface area contributed by atoms with Gasteiger partial charge in [0, 0.05) is 18.0 Å². The molecule has 0 saturated carbocycles. The predicted molar refractivity (Wildman–Crippen MR) is 112 cm³/mol. The van der Waals surface area contributed by atoms with E-state index in [1.54, 1.807) is 24.3 Å². The molecule has 3 aromatic rings. The molecule has 0 atom stereocenters. The van der Waals surface area contributed by atoms with Crippen LogP contribution in [-0.4, -0.2) is 21.7 Å². The summed E-state index contributed by atoms with van der Waals surface area (Å²) in [5.41, 5.74) is 3.66. The number of nitrogens with zero attached hydrogens (tertiary/aromatic N) is 2. The average molecular weight is 429 g/mol. The summed E-state index contributed by atoms with van der Waals surface area (Å²) in [6.07, 6.45) is 2.60. The van der Waals surface area contributed by atoms with E-state index < -0.39 is 23.6 Å². The number of hydrogen-bond donors (Lipinski definition) is 3. The Morgan fingerprint density at radius 3 is 2.48 bits per heavy atom. The number of carbonyl (C=O) groups is 2. The highest BCUT2D eigenvalue weighted by atomic mass is 19.1. The van der Waals surface area contributed by atoms with Gasteiger partial charge in [0.1, 0.15) is 11.6 Å². The summed E-state index contributed by atoms with van der Waals surface area (Å²) in [5, 5.41) is 7.00. The van der Waals surface area contributed by atoms with Gasteiger partial charge in [-0.15, -0.1) is 0 Å². The fourth-order valence-electron chi connectivity index (χ4n) is 2.98. The van der Waals surface area contributed by atoms with Gasteiger partial charge in [-0.2, -0.15) is 5.10 Å². The third-order valence-corrected chi connectivity index (χ3v) is 4.53. The Morgan fingerprint density at radius 1 is 1.03 bits per heavy atom. The first kappa shape index (κ1) is 21.9. The molecule has 1 heterocycles. The van der Waals surface area contributed by atoms with Gasteiger partial charge in [-0.25, -0.2) is 23.7 Å². The molecule has 0 fully saturated rings. The number of benzene rings is 2. The zero-order valence-corrected chi connectivity index (χ0v) is 16.7. The fraction of sp³-hybridized carbons (Fsp3) is 0.238. The number of nitrogens with one attached hydrogen (secondary N) is 3. The molecule has 0 radical (unpaired) electrons. The first-order chi connectivity index (χ1) is 14.9. The van der Waals surface area contributed by atoms with Crippen LogP contribution >= 0.6 is 0 Å². The topological polar surface area (TPSA) is 105 Å². The molecule has 31 heavy (non-hydrogen) atoms. The van der Waals surface area contributed by atoms with Gasteiger partial charge in [0.15, 0.2) is 5.69 Å². The number of halogens is 2. The Bertz CT molecular complexity index is 1180. The summed E-state index contributed by atoms with van der Waals surface area (Å²) in [5.74, 6) is -2.51. The lowest BCUT2D eigenvalue weighted by Crippen LogP contribution is -2.45. The van der Waals surface area contributed by atoms with Crippen molar-refractivity contribution in [3.8, 4) is 0 Å². The minimum absolute atomic E-state index is 0.0417. The van der Waals surface area contributed by atoms with Crippen molar-refractivity contribution in [2.75, 3.05) is 5.32 Å². The van der Waals surface area contributed by atoms with Crippen LogP contribution in [0.2, 0.25) is 0 Å². The average Bonchev–Trinajstić information content (AvgIpc) is 2.76. The van der Waals surface area contributed by atoms with Crippen molar-refractivity contribution in [1.82, 2.24) is 20.6 Å². The lowest BCUT2D eigenvalue weighted by Gasteiger charge is -2.12. The molecule has 0 aliphatic heterocycles. The highest BCUT2D eigenvalue weighted by molar-refractivity contribution is 6.05. The van der Waals surface area contributed by atoms with Crippen LogP contribution in [0.3, 0.4) is 0 Å². The molecule has 0 aliphatic carbocycles. The smallest absolute Gasteiger partial charge is 0.304 e. The molecule has 0 saturated heterocycles. The molecule has 2 aromatic carbocycles. The zero-order chi connectivity index (χ0) is 22.4. The summed E-state index contributed by atoms with van der Waals surface area (Å²) in [7, 11) is 0. The largest absolute Gasteiger partial charge is 0.338 e.